The Kier molecular flexibility index (Phi) is 2.84. The molecule has 3 heteroatoms. The molecule has 0 amide bonds. The van der Waals surface area contributed by atoms with Gasteiger partial charge in [0.2, 0.25) is 0 Å². The van der Waals surface area contributed by atoms with Gasteiger partial charge in [-0.3, -0.25) is 0 Å². The van der Waals surface area contributed by atoms with E-state index in [1.807, 2.05) is 31.2 Å². The Morgan fingerprint density at radius 2 is 1.89 bits per heavy atom. The molecule has 0 spiro atoms. The Bertz CT molecular complexity index is 697. The van der Waals surface area contributed by atoms with E-state index in [1.165, 1.54) is 6.07 Å². The van der Waals surface area contributed by atoms with E-state index < -0.39 is 11.9 Å². The molecule has 0 fully saturated rings. The van der Waals surface area contributed by atoms with E-state index in [1.54, 1.807) is 18.2 Å². The number of fused-ring (bicyclic) bond motifs is 1. The fourth-order valence-corrected chi connectivity index (χ4v) is 2.16. The van der Waals surface area contributed by atoms with Crippen molar-refractivity contribution < 1.29 is 13.9 Å². The minimum absolute atomic E-state index is 0.235. The lowest BCUT2D eigenvalue weighted by Gasteiger charge is -2.10. The Hall–Kier alpha value is -2.13. The van der Waals surface area contributed by atoms with Gasteiger partial charge in [-0.05, 0) is 25.1 Å². The van der Waals surface area contributed by atoms with E-state index in [-0.39, 0.29) is 5.56 Å². The summed E-state index contributed by atoms with van der Waals surface area (Å²) in [6, 6.07) is 13.9. The maximum atomic E-state index is 13.8. The molecule has 1 atom stereocenters. The molecule has 0 aliphatic rings. The molecule has 2 nitrogen and oxygen atoms in total. The smallest absolute Gasteiger partial charge is 0.139 e. The van der Waals surface area contributed by atoms with Crippen molar-refractivity contribution in [3.63, 3.8) is 0 Å². The Morgan fingerprint density at radius 1 is 1.11 bits per heavy atom. The normalized spacial score (nSPS) is 12.8. The fraction of sp³-hybridized carbons (Fsp3) is 0.125. The predicted octanol–water partition coefficient (Wildman–Crippen LogP) is 3.96. The zero-order chi connectivity index (χ0) is 13.4. The minimum Gasteiger partial charge on any atom is -0.458 e. The van der Waals surface area contributed by atoms with Crippen molar-refractivity contribution in [2.45, 2.75) is 13.0 Å². The first kappa shape index (κ1) is 11.9. The van der Waals surface area contributed by atoms with Crippen LogP contribution < -0.4 is 0 Å². The van der Waals surface area contributed by atoms with Crippen LogP contribution in [0.15, 0.2) is 52.9 Å². The van der Waals surface area contributed by atoms with Gasteiger partial charge in [0.25, 0.3) is 0 Å². The summed E-state index contributed by atoms with van der Waals surface area (Å²) < 4.78 is 19.3. The third-order valence-corrected chi connectivity index (χ3v) is 3.16. The average Bonchev–Trinajstić information content (AvgIpc) is 2.84. The number of hydrogen-bond donors (Lipinski definition) is 1. The second kappa shape index (κ2) is 4.52. The zero-order valence-electron chi connectivity index (χ0n) is 10.4. The number of halogens is 1. The fourth-order valence-electron chi connectivity index (χ4n) is 2.16. The molecule has 3 aromatic rings. The van der Waals surface area contributed by atoms with Crippen LogP contribution >= 0.6 is 0 Å². The van der Waals surface area contributed by atoms with Crippen LogP contribution in [-0.4, -0.2) is 5.11 Å². The molecular formula is C16H13FO2. The standard InChI is InChI=1S/C16H13FO2/c1-10-6-7-13(17)12(8-10)16(18)15-9-11-4-2-3-5-14(11)19-15/h2-9,16,18H,1H3. The van der Waals surface area contributed by atoms with Crippen LogP contribution in [0.25, 0.3) is 11.0 Å². The first-order valence-corrected chi connectivity index (χ1v) is 6.08. The van der Waals surface area contributed by atoms with Crippen molar-refractivity contribution in [3.05, 3.63) is 71.2 Å². The van der Waals surface area contributed by atoms with Gasteiger partial charge in [0.05, 0.1) is 0 Å². The van der Waals surface area contributed by atoms with Gasteiger partial charge in [-0.15, -0.1) is 0 Å². The van der Waals surface area contributed by atoms with E-state index in [9.17, 15) is 9.50 Å². The number of benzene rings is 2. The van der Waals surface area contributed by atoms with Crippen LogP contribution in [0.3, 0.4) is 0 Å². The summed E-state index contributed by atoms with van der Waals surface area (Å²) in [6.07, 6.45) is -1.09. The van der Waals surface area contributed by atoms with E-state index in [4.69, 9.17) is 4.42 Å². The van der Waals surface area contributed by atoms with Crippen molar-refractivity contribution in [2.75, 3.05) is 0 Å². The molecule has 0 radical (unpaired) electrons. The van der Waals surface area contributed by atoms with E-state index in [0.717, 1.165) is 10.9 Å². The maximum absolute atomic E-state index is 13.8. The summed E-state index contributed by atoms with van der Waals surface area (Å²) in [7, 11) is 0. The van der Waals surface area contributed by atoms with E-state index in [0.29, 0.717) is 11.3 Å². The average molecular weight is 256 g/mol. The van der Waals surface area contributed by atoms with Crippen molar-refractivity contribution in [1.82, 2.24) is 0 Å². The number of aliphatic hydroxyl groups excluding tert-OH is 1. The molecule has 1 aromatic heterocycles. The largest absolute Gasteiger partial charge is 0.458 e. The molecule has 3 rings (SSSR count). The van der Waals surface area contributed by atoms with Gasteiger partial charge in [0, 0.05) is 10.9 Å². The minimum atomic E-state index is -1.09. The number of para-hydroxylation sites is 1. The highest BCUT2D eigenvalue weighted by molar-refractivity contribution is 5.77. The lowest BCUT2D eigenvalue weighted by molar-refractivity contribution is 0.187. The Balaban J connectivity index is 2.07. The second-order valence-corrected chi connectivity index (χ2v) is 4.61. The summed E-state index contributed by atoms with van der Waals surface area (Å²) in [4.78, 5) is 0. The Morgan fingerprint density at radius 3 is 2.68 bits per heavy atom. The van der Waals surface area contributed by atoms with Gasteiger partial charge < -0.3 is 9.52 Å². The SMILES string of the molecule is Cc1ccc(F)c(C(O)c2cc3ccccc3o2)c1. The number of aliphatic hydroxyl groups is 1. The van der Waals surface area contributed by atoms with Crippen molar-refractivity contribution in [2.24, 2.45) is 0 Å². The van der Waals surface area contributed by atoms with Gasteiger partial charge in [-0.25, -0.2) is 4.39 Å². The van der Waals surface area contributed by atoms with E-state index in [2.05, 4.69) is 0 Å². The number of aryl methyl sites for hydroxylation is 1. The molecule has 96 valence electrons. The van der Waals surface area contributed by atoms with Crippen LogP contribution in [-0.2, 0) is 0 Å². The van der Waals surface area contributed by atoms with Crippen molar-refractivity contribution in [1.29, 1.82) is 0 Å². The molecule has 0 saturated carbocycles. The van der Waals surface area contributed by atoms with Crippen LogP contribution in [0.5, 0.6) is 0 Å². The van der Waals surface area contributed by atoms with E-state index >= 15 is 0 Å². The van der Waals surface area contributed by atoms with Crippen LogP contribution in [0.1, 0.15) is 23.0 Å². The summed E-state index contributed by atoms with van der Waals surface area (Å²) in [6.45, 7) is 1.86. The number of hydrogen-bond acceptors (Lipinski definition) is 2. The molecule has 0 aliphatic heterocycles. The highest BCUT2D eigenvalue weighted by Gasteiger charge is 2.19. The van der Waals surface area contributed by atoms with Gasteiger partial charge in [-0.2, -0.15) is 0 Å². The predicted molar refractivity (Wildman–Crippen MR) is 71.4 cm³/mol. The molecule has 0 bridgehead atoms. The van der Waals surface area contributed by atoms with Crippen LogP contribution in [0.2, 0.25) is 0 Å². The summed E-state index contributed by atoms with van der Waals surface area (Å²) in [5, 5.41) is 11.2. The van der Waals surface area contributed by atoms with Gasteiger partial charge in [0.1, 0.15) is 23.3 Å². The van der Waals surface area contributed by atoms with Gasteiger partial charge >= 0.3 is 0 Å². The third-order valence-electron chi connectivity index (χ3n) is 3.16. The molecule has 19 heavy (non-hydrogen) atoms. The number of rotatable bonds is 2. The first-order valence-electron chi connectivity index (χ1n) is 6.08. The first-order chi connectivity index (χ1) is 9.15. The highest BCUT2D eigenvalue weighted by Crippen LogP contribution is 2.29. The van der Waals surface area contributed by atoms with Gasteiger partial charge in [0.15, 0.2) is 0 Å². The summed E-state index contributed by atoms with van der Waals surface area (Å²) >= 11 is 0. The lowest BCUT2D eigenvalue weighted by atomic mass is 10.0. The van der Waals surface area contributed by atoms with Crippen molar-refractivity contribution >= 4 is 11.0 Å². The molecule has 2 aromatic carbocycles. The molecule has 1 heterocycles. The molecule has 0 saturated heterocycles. The zero-order valence-corrected chi connectivity index (χ0v) is 10.4. The molecular weight excluding hydrogens is 243 g/mol. The molecule has 1 unspecified atom stereocenters. The molecule has 0 aliphatic carbocycles. The second-order valence-electron chi connectivity index (χ2n) is 4.61. The quantitative estimate of drug-likeness (QED) is 0.752. The maximum Gasteiger partial charge on any atom is 0.139 e. The topological polar surface area (TPSA) is 33.4 Å². The summed E-state index contributed by atoms with van der Waals surface area (Å²) in [5.74, 6) is -0.0794. The van der Waals surface area contributed by atoms with Crippen LogP contribution in [0.4, 0.5) is 4.39 Å². The lowest BCUT2D eigenvalue weighted by Crippen LogP contribution is -2.01. The summed E-state index contributed by atoms with van der Waals surface area (Å²) in [5.41, 5.74) is 1.82. The Labute approximate surface area is 110 Å². The highest BCUT2D eigenvalue weighted by atomic mass is 19.1. The monoisotopic (exact) mass is 256 g/mol. The third kappa shape index (κ3) is 2.13. The molecule has 1 N–H and O–H groups in total. The number of furan rings is 1. The van der Waals surface area contributed by atoms with Crippen LogP contribution in [0, 0.1) is 12.7 Å². The van der Waals surface area contributed by atoms with Crippen molar-refractivity contribution in [3.8, 4) is 0 Å². The van der Waals surface area contributed by atoms with Gasteiger partial charge in [-0.1, -0.05) is 35.9 Å².